The normalized spacial score (nSPS) is 14.5. The summed E-state index contributed by atoms with van der Waals surface area (Å²) in [7, 11) is 2.12. The largest absolute Gasteiger partial charge is 0.326 e. The van der Waals surface area contributed by atoms with Crippen LogP contribution in [0.4, 0.5) is 0 Å². The zero-order valence-electron chi connectivity index (χ0n) is 12.6. The minimum Gasteiger partial charge on any atom is -0.326 e. The van der Waals surface area contributed by atoms with Gasteiger partial charge in [0.2, 0.25) is 0 Å². The van der Waals surface area contributed by atoms with Crippen LogP contribution in [-0.2, 0) is 6.54 Å². The summed E-state index contributed by atoms with van der Waals surface area (Å²) in [5, 5.41) is 3.24. The van der Waals surface area contributed by atoms with Gasteiger partial charge in [0.05, 0.1) is 10.7 Å². The number of nitrogens with two attached hydrogens (primary N) is 1. The van der Waals surface area contributed by atoms with Gasteiger partial charge in [-0.15, -0.1) is 11.3 Å². The van der Waals surface area contributed by atoms with Crippen LogP contribution >= 0.6 is 11.3 Å². The van der Waals surface area contributed by atoms with Gasteiger partial charge in [-0.05, 0) is 38.9 Å². The maximum absolute atomic E-state index is 6.24. The predicted molar refractivity (Wildman–Crippen MR) is 85.9 cm³/mol. The highest BCUT2D eigenvalue weighted by Crippen LogP contribution is 2.26. The lowest BCUT2D eigenvalue weighted by Crippen LogP contribution is -2.37. The SMILES string of the molecule is Cc1nc(CN(C)C(c2ccccc2C)C(C)N)cs1. The monoisotopic (exact) mass is 289 g/mol. The van der Waals surface area contributed by atoms with Gasteiger partial charge < -0.3 is 5.73 Å². The third kappa shape index (κ3) is 3.45. The zero-order chi connectivity index (χ0) is 14.7. The summed E-state index contributed by atoms with van der Waals surface area (Å²) in [6, 6.07) is 8.75. The molecule has 3 nitrogen and oxygen atoms in total. The van der Waals surface area contributed by atoms with Crippen molar-refractivity contribution in [3.05, 3.63) is 51.5 Å². The smallest absolute Gasteiger partial charge is 0.0897 e. The number of thiazole rings is 1. The van der Waals surface area contributed by atoms with Crippen LogP contribution in [0.2, 0.25) is 0 Å². The molecule has 0 spiro atoms. The fourth-order valence-electron chi connectivity index (χ4n) is 2.68. The van der Waals surface area contributed by atoms with Crippen LogP contribution in [0.15, 0.2) is 29.6 Å². The van der Waals surface area contributed by atoms with Crippen LogP contribution in [0.3, 0.4) is 0 Å². The molecule has 0 aliphatic carbocycles. The number of benzene rings is 1. The van der Waals surface area contributed by atoms with Crippen molar-refractivity contribution in [1.29, 1.82) is 0 Å². The molecule has 0 radical (unpaired) electrons. The summed E-state index contributed by atoms with van der Waals surface area (Å²) >= 11 is 1.70. The lowest BCUT2D eigenvalue weighted by Gasteiger charge is -2.32. The standard InChI is InChI=1S/C16H23N3S/c1-11-7-5-6-8-15(11)16(12(2)17)19(4)9-14-10-20-13(3)18-14/h5-8,10,12,16H,9,17H2,1-4H3. The molecule has 0 saturated heterocycles. The Morgan fingerprint density at radius 1 is 1.30 bits per heavy atom. The Balaban J connectivity index is 2.22. The van der Waals surface area contributed by atoms with E-state index in [1.165, 1.54) is 11.1 Å². The first kappa shape index (κ1) is 15.2. The van der Waals surface area contributed by atoms with Gasteiger partial charge in [-0.1, -0.05) is 24.3 Å². The van der Waals surface area contributed by atoms with Crippen molar-refractivity contribution >= 4 is 11.3 Å². The number of aromatic nitrogens is 1. The van der Waals surface area contributed by atoms with Gasteiger partial charge in [0.25, 0.3) is 0 Å². The zero-order valence-corrected chi connectivity index (χ0v) is 13.4. The predicted octanol–water partition coefficient (Wildman–Crippen LogP) is 3.28. The number of likely N-dealkylation sites (N-methyl/N-ethyl adjacent to an activating group) is 1. The highest BCUT2D eigenvalue weighted by atomic mass is 32.1. The molecule has 0 bridgehead atoms. The van der Waals surface area contributed by atoms with Crippen molar-refractivity contribution in [3.63, 3.8) is 0 Å². The van der Waals surface area contributed by atoms with Crippen LogP contribution in [0.5, 0.6) is 0 Å². The first-order chi connectivity index (χ1) is 9.49. The van der Waals surface area contributed by atoms with E-state index in [2.05, 4.69) is 60.4 Å². The first-order valence-corrected chi connectivity index (χ1v) is 7.79. The minimum atomic E-state index is 0.0702. The highest BCUT2D eigenvalue weighted by molar-refractivity contribution is 7.09. The summed E-state index contributed by atoms with van der Waals surface area (Å²) in [5.41, 5.74) is 9.95. The first-order valence-electron chi connectivity index (χ1n) is 6.91. The van der Waals surface area contributed by atoms with Gasteiger partial charge >= 0.3 is 0 Å². The Morgan fingerprint density at radius 2 is 2.00 bits per heavy atom. The molecule has 4 heteroatoms. The third-order valence-corrected chi connectivity index (χ3v) is 4.38. The van der Waals surface area contributed by atoms with E-state index < -0.39 is 0 Å². The van der Waals surface area contributed by atoms with Crippen molar-refractivity contribution < 1.29 is 0 Å². The average molecular weight is 289 g/mol. The fraction of sp³-hybridized carbons (Fsp3) is 0.438. The van der Waals surface area contributed by atoms with Crippen LogP contribution in [0.1, 0.15) is 34.8 Å². The van der Waals surface area contributed by atoms with Crippen molar-refractivity contribution in [2.24, 2.45) is 5.73 Å². The van der Waals surface area contributed by atoms with Crippen LogP contribution in [0, 0.1) is 13.8 Å². The number of hydrogen-bond donors (Lipinski definition) is 1. The maximum Gasteiger partial charge on any atom is 0.0897 e. The molecule has 0 amide bonds. The van der Waals surface area contributed by atoms with Crippen LogP contribution in [0.25, 0.3) is 0 Å². The van der Waals surface area contributed by atoms with E-state index in [-0.39, 0.29) is 12.1 Å². The number of rotatable bonds is 5. The Kier molecular flexibility index (Phi) is 4.91. The molecule has 2 aromatic rings. The van der Waals surface area contributed by atoms with Gasteiger partial charge in [-0.25, -0.2) is 4.98 Å². The highest BCUT2D eigenvalue weighted by Gasteiger charge is 2.23. The number of nitrogens with zero attached hydrogens (tertiary/aromatic N) is 2. The topological polar surface area (TPSA) is 42.2 Å². The Morgan fingerprint density at radius 3 is 2.55 bits per heavy atom. The summed E-state index contributed by atoms with van der Waals surface area (Å²) in [5.74, 6) is 0. The van der Waals surface area contributed by atoms with Crippen molar-refractivity contribution in [1.82, 2.24) is 9.88 Å². The van der Waals surface area contributed by atoms with E-state index >= 15 is 0 Å². The average Bonchev–Trinajstić information content (AvgIpc) is 2.77. The molecule has 1 aromatic heterocycles. The van der Waals surface area contributed by atoms with Crippen LogP contribution in [-0.4, -0.2) is 23.0 Å². The second-order valence-corrected chi connectivity index (χ2v) is 6.50. The van der Waals surface area contributed by atoms with Gasteiger partial charge in [0.15, 0.2) is 0 Å². The second kappa shape index (κ2) is 6.48. The van der Waals surface area contributed by atoms with Crippen molar-refractivity contribution in [3.8, 4) is 0 Å². The molecule has 0 saturated carbocycles. The molecule has 2 rings (SSSR count). The van der Waals surface area contributed by atoms with Gasteiger partial charge in [-0.2, -0.15) is 0 Å². The molecule has 1 heterocycles. The lowest BCUT2D eigenvalue weighted by atomic mass is 9.95. The van der Waals surface area contributed by atoms with E-state index in [1.807, 2.05) is 6.92 Å². The molecule has 20 heavy (non-hydrogen) atoms. The number of aryl methyl sites for hydroxylation is 2. The molecular formula is C16H23N3S. The molecule has 2 N–H and O–H groups in total. The molecule has 2 atom stereocenters. The quantitative estimate of drug-likeness (QED) is 0.918. The summed E-state index contributed by atoms with van der Waals surface area (Å²) in [6.45, 7) is 7.08. The molecule has 108 valence electrons. The van der Waals surface area contributed by atoms with Crippen LogP contribution < -0.4 is 5.73 Å². The molecule has 0 aliphatic rings. The second-order valence-electron chi connectivity index (χ2n) is 5.43. The van der Waals surface area contributed by atoms with Gasteiger partial charge in [0, 0.05) is 24.0 Å². The minimum absolute atomic E-state index is 0.0702. The van der Waals surface area contributed by atoms with Gasteiger partial charge in [-0.3, -0.25) is 4.90 Å². The summed E-state index contributed by atoms with van der Waals surface area (Å²) in [4.78, 5) is 6.84. The summed E-state index contributed by atoms with van der Waals surface area (Å²) < 4.78 is 0. The van der Waals surface area contributed by atoms with Crippen molar-refractivity contribution in [2.75, 3.05) is 7.05 Å². The number of hydrogen-bond acceptors (Lipinski definition) is 4. The molecule has 0 fully saturated rings. The van der Waals surface area contributed by atoms with Crippen molar-refractivity contribution in [2.45, 2.75) is 39.4 Å². The molecule has 2 unspecified atom stereocenters. The Bertz CT molecular complexity index is 562. The molecule has 1 aromatic carbocycles. The van der Waals surface area contributed by atoms with E-state index in [1.54, 1.807) is 11.3 Å². The van der Waals surface area contributed by atoms with E-state index in [9.17, 15) is 0 Å². The van der Waals surface area contributed by atoms with E-state index in [0.29, 0.717) is 0 Å². The lowest BCUT2D eigenvalue weighted by molar-refractivity contribution is 0.208. The van der Waals surface area contributed by atoms with E-state index in [0.717, 1.165) is 17.2 Å². The third-order valence-electron chi connectivity index (χ3n) is 3.56. The fourth-order valence-corrected chi connectivity index (χ4v) is 3.28. The Hall–Kier alpha value is -1.23. The molecular weight excluding hydrogens is 266 g/mol. The maximum atomic E-state index is 6.24. The summed E-state index contributed by atoms with van der Waals surface area (Å²) in [6.07, 6.45) is 0. The van der Waals surface area contributed by atoms with Gasteiger partial charge in [0.1, 0.15) is 0 Å². The Labute approximate surface area is 125 Å². The molecule has 0 aliphatic heterocycles. The van der Waals surface area contributed by atoms with E-state index in [4.69, 9.17) is 5.73 Å².